The van der Waals surface area contributed by atoms with Crippen molar-refractivity contribution >= 4 is 17.4 Å². The number of benzene rings is 3. The van der Waals surface area contributed by atoms with Crippen LogP contribution in [0, 0.1) is 0 Å². The average molecular weight is 561 g/mol. The number of Topliss-reactive ketones (excluding diaryl/α,β-unsaturated/α-hetero) is 1. The minimum atomic E-state index is -1.09. The lowest BCUT2D eigenvalue weighted by molar-refractivity contribution is -0.140. The molecule has 4 heterocycles. The first-order valence-electron chi connectivity index (χ1n) is 12.6. The van der Waals surface area contributed by atoms with Gasteiger partial charge in [-0.3, -0.25) is 9.59 Å². The van der Waals surface area contributed by atoms with Gasteiger partial charge in [0.05, 0.1) is 25.8 Å². The molecule has 7 rings (SSSR count). The van der Waals surface area contributed by atoms with Crippen molar-refractivity contribution in [3.63, 3.8) is 0 Å². The number of aliphatic hydroxyl groups is 1. The molecule has 12 heteroatoms. The molecule has 0 aromatic heterocycles. The van der Waals surface area contributed by atoms with Crippen molar-refractivity contribution < 1.29 is 52.6 Å². The Labute approximate surface area is 233 Å². The van der Waals surface area contributed by atoms with Crippen LogP contribution in [0.15, 0.2) is 48.0 Å². The number of likely N-dealkylation sites (tertiary alicyclic amines) is 1. The molecule has 0 radical (unpaired) electrons. The number of fused-ring (bicyclic) bond motifs is 3. The smallest absolute Gasteiger partial charge is 0.295 e. The zero-order valence-electron chi connectivity index (χ0n) is 21.9. The van der Waals surface area contributed by atoms with Crippen LogP contribution in [0.5, 0.6) is 46.0 Å². The summed E-state index contributed by atoms with van der Waals surface area (Å²) in [6, 6.07) is 10.6. The second kappa shape index (κ2) is 9.44. The van der Waals surface area contributed by atoms with E-state index < -0.39 is 23.5 Å². The van der Waals surface area contributed by atoms with E-state index in [1.54, 1.807) is 42.5 Å². The van der Waals surface area contributed by atoms with Gasteiger partial charge in [0.15, 0.2) is 34.5 Å². The molecule has 0 spiro atoms. The number of carbonyl (C=O) groups is 2. The maximum atomic E-state index is 13.7. The van der Waals surface area contributed by atoms with E-state index in [1.807, 2.05) is 0 Å². The van der Waals surface area contributed by atoms with Crippen LogP contribution < -0.4 is 37.9 Å². The SMILES string of the molecule is COc1c([C@@H]2C(=C(O)c3ccc4c(c3)OCO4)C(=O)C(=O)N2Cc2ccc3c(c2)OCO3)cc2c(c1OC)OCO2. The number of ketones is 1. The van der Waals surface area contributed by atoms with Crippen LogP contribution in [0.4, 0.5) is 0 Å². The first-order chi connectivity index (χ1) is 20.0. The van der Waals surface area contributed by atoms with Crippen LogP contribution in [-0.4, -0.2) is 56.3 Å². The lowest BCUT2D eigenvalue weighted by Crippen LogP contribution is -2.29. The monoisotopic (exact) mass is 561 g/mol. The normalized spacial score (nSPS) is 19.2. The Morgan fingerprint density at radius 2 is 1.44 bits per heavy atom. The minimum Gasteiger partial charge on any atom is -0.507 e. The van der Waals surface area contributed by atoms with E-state index >= 15 is 0 Å². The molecule has 1 atom stereocenters. The average Bonchev–Trinajstić information content (AvgIpc) is 3.79. The van der Waals surface area contributed by atoms with E-state index in [0.717, 1.165) is 0 Å². The first kappa shape index (κ1) is 24.8. The van der Waals surface area contributed by atoms with E-state index in [9.17, 15) is 14.7 Å². The Hall–Kier alpha value is -5.26. The van der Waals surface area contributed by atoms with Crippen LogP contribution in [0.2, 0.25) is 0 Å². The van der Waals surface area contributed by atoms with Gasteiger partial charge in [0.1, 0.15) is 5.76 Å². The van der Waals surface area contributed by atoms with E-state index in [4.69, 9.17) is 37.9 Å². The molecule has 1 amide bonds. The Balaban J connectivity index is 1.41. The molecule has 1 fully saturated rings. The Morgan fingerprint density at radius 3 is 2.17 bits per heavy atom. The highest BCUT2D eigenvalue weighted by Crippen LogP contribution is 2.54. The van der Waals surface area contributed by atoms with E-state index in [2.05, 4.69) is 0 Å². The van der Waals surface area contributed by atoms with Crippen molar-refractivity contribution in [2.24, 2.45) is 0 Å². The number of aliphatic hydroxyl groups excluding tert-OH is 1. The van der Waals surface area contributed by atoms with Gasteiger partial charge in [0, 0.05) is 17.7 Å². The fraction of sp³-hybridized carbons (Fsp3) is 0.241. The summed E-state index contributed by atoms with van der Waals surface area (Å²) in [4.78, 5) is 28.7. The number of ether oxygens (including phenoxy) is 8. The number of hydrogen-bond acceptors (Lipinski definition) is 11. The zero-order chi connectivity index (χ0) is 28.2. The maximum Gasteiger partial charge on any atom is 0.295 e. The Kier molecular flexibility index (Phi) is 5.70. The number of methoxy groups -OCH3 is 2. The lowest BCUT2D eigenvalue weighted by atomic mass is 9.93. The summed E-state index contributed by atoms with van der Waals surface area (Å²) in [5.41, 5.74) is 1.16. The molecule has 1 saturated heterocycles. The number of nitrogens with zero attached hydrogens (tertiary/aromatic N) is 1. The maximum absolute atomic E-state index is 13.7. The van der Waals surface area contributed by atoms with Gasteiger partial charge in [-0.05, 0) is 42.0 Å². The third-order valence-corrected chi connectivity index (χ3v) is 7.28. The zero-order valence-corrected chi connectivity index (χ0v) is 21.9. The molecule has 0 saturated carbocycles. The molecule has 4 aliphatic rings. The summed E-state index contributed by atoms with van der Waals surface area (Å²) >= 11 is 0. The van der Waals surface area contributed by atoms with E-state index in [-0.39, 0.29) is 49.6 Å². The number of amides is 1. The summed E-state index contributed by atoms with van der Waals surface area (Å²) in [7, 11) is 2.88. The molecule has 12 nitrogen and oxygen atoms in total. The molecule has 3 aromatic carbocycles. The first-order valence-corrected chi connectivity index (χ1v) is 12.6. The van der Waals surface area contributed by atoms with Crippen molar-refractivity contribution in [1.29, 1.82) is 0 Å². The summed E-state index contributed by atoms with van der Waals surface area (Å²) in [5.74, 6) is 1.06. The van der Waals surface area contributed by atoms with Crippen molar-refractivity contribution in [3.05, 3.63) is 64.7 Å². The molecule has 0 aliphatic carbocycles. The molecule has 0 unspecified atom stereocenters. The second-order valence-electron chi connectivity index (χ2n) is 9.45. The number of carbonyl (C=O) groups excluding carboxylic acids is 2. The van der Waals surface area contributed by atoms with Gasteiger partial charge < -0.3 is 47.9 Å². The van der Waals surface area contributed by atoms with Crippen molar-refractivity contribution in [1.82, 2.24) is 4.90 Å². The third-order valence-electron chi connectivity index (χ3n) is 7.28. The van der Waals surface area contributed by atoms with Crippen LogP contribution in [0.1, 0.15) is 22.7 Å². The highest BCUT2D eigenvalue weighted by atomic mass is 16.7. The van der Waals surface area contributed by atoms with Gasteiger partial charge in [-0.25, -0.2) is 0 Å². The van der Waals surface area contributed by atoms with Gasteiger partial charge in [-0.2, -0.15) is 0 Å². The standard InChI is InChI=1S/C29H23NO11/c1-34-26-16(9-21-27(28(26)35-2)41-13-40-21)23-22(24(31)15-4-6-18-20(8-15)39-12-37-18)25(32)29(33)30(23)10-14-3-5-17-19(7-14)38-11-36-17/h3-9,23,31H,10-13H2,1-2H3/t23-/m1/s1. The lowest BCUT2D eigenvalue weighted by Gasteiger charge is -2.27. The van der Waals surface area contributed by atoms with Gasteiger partial charge >= 0.3 is 0 Å². The minimum absolute atomic E-state index is 0.00368. The van der Waals surface area contributed by atoms with Gasteiger partial charge in [-0.15, -0.1) is 0 Å². The Morgan fingerprint density at radius 1 is 0.805 bits per heavy atom. The fourth-order valence-corrected chi connectivity index (χ4v) is 5.42. The molecular formula is C29H23NO11. The predicted molar refractivity (Wildman–Crippen MR) is 139 cm³/mol. The van der Waals surface area contributed by atoms with Gasteiger partial charge in [0.25, 0.3) is 11.7 Å². The van der Waals surface area contributed by atoms with Crippen molar-refractivity contribution in [3.8, 4) is 46.0 Å². The fourth-order valence-electron chi connectivity index (χ4n) is 5.42. The largest absolute Gasteiger partial charge is 0.507 e. The molecule has 210 valence electrons. The summed E-state index contributed by atoms with van der Waals surface area (Å²) in [5, 5.41) is 11.6. The van der Waals surface area contributed by atoms with Crippen LogP contribution >= 0.6 is 0 Å². The summed E-state index contributed by atoms with van der Waals surface area (Å²) < 4.78 is 44.3. The second-order valence-corrected chi connectivity index (χ2v) is 9.45. The van der Waals surface area contributed by atoms with Crippen molar-refractivity contribution in [2.45, 2.75) is 12.6 Å². The molecule has 4 aliphatic heterocycles. The van der Waals surface area contributed by atoms with E-state index in [1.165, 1.54) is 19.1 Å². The van der Waals surface area contributed by atoms with Crippen LogP contribution in [0.3, 0.4) is 0 Å². The highest BCUT2D eigenvalue weighted by molar-refractivity contribution is 6.46. The van der Waals surface area contributed by atoms with Crippen LogP contribution in [-0.2, 0) is 16.1 Å². The third kappa shape index (κ3) is 3.82. The molecule has 41 heavy (non-hydrogen) atoms. The highest BCUT2D eigenvalue weighted by Gasteiger charge is 2.48. The summed E-state index contributed by atoms with van der Waals surface area (Å²) in [6.07, 6.45) is 0. The van der Waals surface area contributed by atoms with E-state index in [0.29, 0.717) is 45.6 Å². The number of rotatable bonds is 6. The summed E-state index contributed by atoms with van der Waals surface area (Å²) in [6.45, 7) is 0.0806. The quantitative estimate of drug-likeness (QED) is 0.269. The van der Waals surface area contributed by atoms with Crippen LogP contribution in [0.25, 0.3) is 5.76 Å². The predicted octanol–water partition coefficient (Wildman–Crippen LogP) is 3.51. The topological polar surface area (TPSA) is 131 Å². The number of hydrogen-bond donors (Lipinski definition) is 1. The Bertz CT molecular complexity index is 1650. The molecule has 3 aromatic rings. The van der Waals surface area contributed by atoms with Gasteiger partial charge in [-0.1, -0.05) is 6.07 Å². The molecule has 0 bridgehead atoms. The van der Waals surface area contributed by atoms with Crippen molar-refractivity contribution in [2.75, 3.05) is 34.6 Å². The molecule has 1 N–H and O–H groups in total. The molecular weight excluding hydrogens is 538 g/mol. The van der Waals surface area contributed by atoms with Gasteiger partial charge in [0.2, 0.25) is 31.9 Å².